The summed E-state index contributed by atoms with van der Waals surface area (Å²) in [6.45, 7) is 0. The maximum absolute atomic E-state index is 13.6. The zero-order valence-electron chi connectivity index (χ0n) is 9.35. The number of nitrogens with zero attached hydrogens (tertiary/aromatic N) is 1. The largest absolute Gasteiger partial charge is 0.352 e. The predicted octanol–water partition coefficient (Wildman–Crippen LogP) is 5.00. The van der Waals surface area contributed by atoms with Crippen molar-refractivity contribution in [3.8, 4) is 6.07 Å². The summed E-state index contributed by atoms with van der Waals surface area (Å²) in [5.74, 6) is -1.46. The molecule has 96 valence electrons. The molecule has 0 aromatic heterocycles. The molecule has 0 saturated carbocycles. The van der Waals surface area contributed by atoms with Gasteiger partial charge in [-0.1, -0.05) is 11.6 Å². The summed E-state index contributed by atoms with van der Waals surface area (Å²) in [5.41, 5.74) is 0.712. The highest BCUT2D eigenvalue weighted by molar-refractivity contribution is 9.10. The van der Waals surface area contributed by atoms with Gasteiger partial charge in [0.25, 0.3) is 0 Å². The molecule has 2 rings (SSSR count). The molecule has 19 heavy (non-hydrogen) atoms. The molecule has 0 amide bonds. The fraction of sp³-hybridized carbons (Fsp3) is 0. The van der Waals surface area contributed by atoms with Gasteiger partial charge in [0.15, 0.2) is 0 Å². The van der Waals surface area contributed by atoms with Crippen molar-refractivity contribution in [1.29, 1.82) is 5.26 Å². The second-order valence-electron chi connectivity index (χ2n) is 3.67. The Bertz CT molecular complexity index is 683. The Labute approximate surface area is 121 Å². The first-order chi connectivity index (χ1) is 9.01. The van der Waals surface area contributed by atoms with Crippen LogP contribution in [0.4, 0.5) is 20.2 Å². The van der Waals surface area contributed by atoms with E-state index in [2.05, 4.69) is 21.2 Å². The third kappa shape index (κ3) is 3.03. The van der Waals surface area contributed by atoms with Crippen LogP contribution in [0.15, 0.2) is 34.8 Å². The topological polar surface area (TPSA) is 35.8 Å². The van der Waals surface area contributed by atoms with Gasteiger partial charge in [0.05, 0.1) is 21.4 Å². The molecule has 2 aromatic carbocycles. The minimum Gasteiger partial charge on any atom is -0.352 e. The van der Waals surface area contributed by atoms with E-state index in [1.807, 2.05) is 6.07 Å². The lowest BCUT2D eigenvalue weighted by atomic mass is 10.2. The van der Waals surface area contributed by atoms with E-state index in [-0.39, 0.29) is 10.2 Å². The second-order valence-corrected chi connectivity index (χ2v) is 4.96. The average Bonchev–Trinajstić information content (AvgIpc) is 2.36. The van der Waals surface area contributed by atoms with E-state index in [9.17, 15) is 8.78 Å². The Hall–Kier alpha value is -1.64. The Kier molecular flexibility index (Phi) is 4.03. The van der Waals surface area contributed by atoms with E-state index in [4.69, 9.17) is 16.9 Å². The maximum atomic E-state index is 13.6. The molecular weight excluding hydrogens is 338 g/mol. The minimum absolute atomic E-state index is 0.0482. The molecule has 1 N–H and O–H groups in total. The smallest absolute Gasteiger partial charge is 0.149 e. The number of nitriles is 1. The first kappa shape index (κ1) is 13.8. The van der Waals surface area contributed by atoms with Crippen LogP contribution in [-0.2, 0) is 0 Å². The number of anilines is 2. The van der Waals surface area contributed by atoms with Gasteiger partial charge in [-0.05, 0) is 40.2 Å². The summed E-state index contributed by atoms with van der Waals surface area (Å²) in [6, 6.07) is 8.54. The van der Waals surface area contributed by atoms with Gasteiger partial charge < -0.3 is 5.32 Å². The maximum Gasteiger partial charge on any atom is 0.149 e. The fourth-order valence-corrected chi connectivity index (χ4v) is 2.00. The van der Waals surface area contributed by atoms with Crippen LogP contribution in [-0.4, -0.2) is 0 Å². The van der Waals surface area contributed by atoms with Gasteiger partial charge >= 0.3 is 0 Å². The number of nitrogens with one attached hydrogen (secondary N) is 1. The van der Waals surface area contributed by atoms with Crippen LogP contribution in [0.25, 0.3) is 0 Å². The summed E-state index contributed by atoms with van der Waals surface area (Å²) in [4.78, 5) is 0. The minimum atomic E-state index is -0.760. The molecule has 0 radical (unpaired) electrons. The lowest BCUT2D eigenvalue weighted by Crippen LogP contribution is -1.97. The fourth-order valence-electron chi connectivity index (χ4n) is 1.48. The number of halogens is 4. The van der Waals surface area contributed by atoms with Crippen LogP contribution in [0.5, 0.6) is 0 Å². The highest BCUT2D eigenvalue weighted by Crippen LogP contribution is 2.29. The molecule has 0 aliphatic carbocycles. The zero-order chi connectivity index (χ0) is 14.0. The molecule has 0 unspecified atom stereocenters. The first-order valence-corrected chi connectivity index (χ1v) is 6.29. The Morgan fingerprint density at radius 2 is 1.84 bits per heavy atom. The Balaban J connectivity index is 2.45. The van der Waals surface area contributed by atoms with Crippen LogP contribution in [0, 0.1) is 23.0 Å². The van der Waals surface area contributed by atoms with Crippen LogP contribution in [0.1, 0.15) is 5.56 Å². The van der Waals surface area contributed by atoms with Crippen LogP contribution >= 0.6 is 27.5 Å². The van der Waals surface area contributed by atoms with Gasteiger partial charge in [-0.2, -0.15) is 5.26 Å². The number of hydrogen-bond donors (Lipinski definition) is 1. The molecule has 0 bridgehead atoms. The van der Waals surface area contributed by atoms with Crippen molar-refractivity contribution in [3.63, 3.8) is 0 Å². The van der Waals surface area contributed by atoms with Gasteiger partial charge in [0.2, 0.25) is 0 Å². The summed E-state index contributed by atoms with van der Waals surface area (Å²) in [5, 5.41) is 12.1. The summed E-state index contributed by atoms with van der Waals surface area (Å²) >= 11 is 8.79. The molecule has 0 aliphatic rings. The summed E-state index contributed by atoms with van der Waals surface area (Å²) in [6.07, 6.45) is 0. The average molecular weight is 344 g/mol. The number of hydrogen-bond acceptors (Lipinski definition) is 2. The molecule has 0 atom stereocenters. The number of rotatable bonds is 2. The normalized spacial score (nSPS) is 10.1. The van der Waals surface area contributed by atoms with Gasteiger partial charge in [0.1, 0.15) is 17.7 Å². The van der Waals surface area contributed by atoms with E-state index in [1.165, 1.54) is 18.2 Å². The van der Waals surface area contributed by atoms with Crippen molar-refractivity contribution < 1.29 is 8.78 Å². The molecule has 2 aromatic rings. The van der Waals surface area contributed by atoms with Crippen LogP contribution in [0.2, 0.25) is 5.02 Å². The molecule has 0 aliphatic heterocycles. The molecule has 0 saturated heterocycles. The molecular formula is C13H6BrClF2N2. The molecule has 2 nitrogen and oxygen atoms in total. The molecule has 0 fully saturated rings. The van der Waals surface area contributed by atoms with Crippen LogP contribution < -0.4 is 5.32 Å². The second kappa shape index (κ2) is 5.55. The van der Waals surface area contributed by atoms with Crippen molar-refractivity contribution in [2.75, 3.05) is 5.32 Å². The van der Waals surface area contributed by atoms with E-state index in [1.54, 1.807) is 6.07 Å². The van der Waals surface area contributed by atoms with Gasteiger partial charge in [-0.25, -0.2) is 8.78 Å². The van der Waals surface area contributed by atoms with Crippen molar-refractivity contribution in [2.45, 2.75) is 0 Å². The van der Waals surface area contributed by atoms with E-state index in [0.717, 1.165) is 6.07 Å². The standard InChI is InChI=1S/C13H6BrClF2N2/c14-9-4-13(11(17)5-10(9)16)19-12-3-8(15)2-1-7(12)6-18/h1-5,19H. The van der Waals surface area contributed by atoms with Crippen molar-refractivity contribution in [2.24, 2.45) is 0 Å². The Morgan fingerprint density at radius 1 is 1.11 bits per heavy atom. The Morgan fingerprint density at radius 3 is 2.53 bits per heavy atom. The van der Waals surface area contributed by atoms with Crippen molar-refractivity contribution >= 4 is 38.9 Å². The number of benzene rings is 2. The highest BCUT2D eigenvalue weighted by Gasteiger charge is 2.10. The predicted molar refractivity (Wildman–Crippen MR) is 73.5 cm³/mol. The molecule has 0 heterocycles. The first-order valence-electron chi connectivity index (χ1n) is 5.12. The molecule has 0 spiro atoms. The van der Waals surface area contributed by atoms with E-state index < -0.39 is 11.6 Å². The van der Waals surface area contributed by atoms with E-state index in [0.29, 0.717) is 16.3 Å². The summed E-state index contributed by atoms with van der Waals surface area (Å²) in [7, 11) is 0. The SMILES string of the molecule is N#Cc1ccc(Cl)cc1Nc1cc(Br)c(F)cc1F. The monoisotopic (exact) mass is 342 g/mol. The van der Waals surface area contributed by atoms with Gasteiger partial charge in [-0.15, -0.1) is 0 Å². The third-order valence-corrected chi connectivity index (χ3v) is 3.22. The molecule has 6 heteroatoms. The van der Waals surface area contributed by atoms with Gasteiger partial charge in [0, 0.05) is 11.1 Å². The van der Waals surface area contributed by atoms with E-state index >= 15 is 0 Å². The van der Waals surface area contributed by atoms with Crippen molar-refractivity contribution in [3.05, 3.63) is 57.0 Å². The third-order valence-electron chi connectivity index (χ3n) is 2.38. The zero-order valence-corrected chi connectivity index (χ0v) is 11.7. The lowest BCUT2D eigenvalue weighted by molar-refractivity contribution is 0.581. The quantitative estimate of drug-likeness (QED) is 0.779. The highest BCUT2D eigenvalue weighted by atomic mass is 79.9. The lowest BCUT2D eigenvalue weighted by Gasteiger charge is -2.10. The van der Waals surface area contributed by atoms with Crippen molar-refractivity contribution in [1.82, 2.24) is 0 Å². The van der Waals surface area contributed by atoms with Crippen LogP contribution in [0.3, 0.4) is 0 Å². The van der Waals surface area contributed by atoms with Gasteiger partial charge in [-0.3, -0.25) is 0 Å². The summed E-state index contributed by atoms with van der Waals surface area (Å²) < 4.78 is 26.9.